The van der Waals surface area contributed by atoms with Crippen LogP contribution in [-0.4, -0.2) is 43.5 Å². The molecule has 1 N–H and O–H groups in total. The van der Waals surface area contributed by atoms with Gasteiger partial charge in [0.05, 0.1) is 6.54 Å². The Labute approximate surface area is 163 Å². The van der Waals surface area contributed by atoms with E-state index < -0.39 is 0 Å². The standard InChI is InChI=1S/C23H31N3O/c1-4-19-9-7-10-20(5-2)23(19)24-17-22(27)26-14-12-25(13-15-26)21-11-6-8-18(3)16-21/h6-11,16,24H,4-5,12-15,17H2,1-3H3. The van der Waals surface area contributed by atoms with E-state index in [-0.39, 0.29) is 5.91 Å². The van der Waals surface area contributed by atoms with Crippen LogP contribution in [0.5, 0.6) is 0 Å². The van der Waals surface area contributed by atoms with Crippen LogP contribution in [0.15, 0.2) is 42.5 Å². The van der Waals surface area contributed by atoms with E-state index in [0.717, 1.165) is 44.7 Å². The number of benzene rings is 2. The molecule has 4 nitrogen and oxygen atoms in total. The SMILES string of the molecule is CCc1cccc(CC)c1NCC(=O)N1CCN(c2cccc(C)c2)CC1. The Morgan fingerprint density at radius 3 is 2.19 bits per heavy atom. The third-order valence-corrected chi connectivity index (χ3v) is 5.41. The van der Waals surface area contributed by atoms with Crippen molar-refractivity contribution in [2.45, 2.75) is 33.6 Å². The Bertz CT molecular complexity index is 757. The molecule has 0 bridgehead atoms. The fourth-order valence-corrected chi connectivity index (χ4v) is 3.78. The van der Waals surface area contributed by atoms with Crippen molar-refractivity contribution in [1.82, 2.24) is 4.90 Å². The minimum absolute atomic E-state index is 0.187. The van der Waals surface area contributed by atoms with Crippen LogP contribution in [0.4, 0.5) is 11.4 Å². The number of carbonyl (C=O) groups is 1. The molecular weight excluding hydrogens is 334 g/mol. The number of hydrogen-bond donors (Lipinski definition) is 1. The van der Waals surface area contributed by atoms with Crippen LogP contribution in [0.1, 0.15) is 30.5 Å². The van der Waals surface area contributed by atoms with E-state index in [2.05, 4.69) is 73.5 Å². The molecule has 144 valence electrons. The maximum absolute atomic E-state index is 12.7. The number of nitrogens with zero attached hydrogens (tertiary/aromatic N) is 2. The van der Waals surface area contributed by atoms with Crippen LogP contribution >= 0.6 is 0 Å². The average molecular weight is 366 g/mol. The second kappa shape index (κ2) is 8.94. The molecule has 1 aliphatic heterocycles. The van der Waals surface area contributed by atoms with E-state index in [0.29, 0.717) is 6.54 Å². The fourth-order valence-electron chi connectivity index (χ4n) is 3.78. The third-order valence-electron chi connectivity index (χ3n) is 5.41. The molecule has 0 aliphatic carbocycles. The molecule has 1 amide bonds. The number of rotatable bonds is 6. The van der Waals surface area contributed by atoms with Gasteiger partial charge in [0.2, 0.25) is 5.91 Å². The van der Waals surface area contributed by atoms with Gasteiger partial charge in [-0.2, -0.15) is 0 Å². The number of nitrogens with one attached hydrogen (secondary N) is 1. The summed E-state index contributed by atoms with van der Waals surface area (Å²) in [7, 11) is 0. The summed E-state index contributed by atoms with van der Waals surface area (Å²) in [4.78, 5) is 17.1. The molecule has 0 aromatic heterocycles. The van der Waals surface area contributed by atoms with Crippen LogP contribution in [0, 0.1) is 6.92 Å². The van der Waals surface area contributed by atoms with Gasteiger partial charge in [0.25, 0.3) is 0 Å². The van der Waals surface area contributed by atoms with Gasteiger partial charge in [-0.15, -0.1) is 0 Å². The minimum atomic E-state index is 0.187. The number of hydrogen-bond acceptors (Lipinski definition) is 3. The van der Waals surface area contributed by atoms with Crippen molar-refractivity contribution in [3.8, 4) is 0 Å². The highest BCUT2D eigenvalue weighted by Crippen LogP contribution is 2.22. The summed E-state index contributed by atoms with van der Waals surface area (Å²) in [6.07, 6.45) is 1.94. The van der Waals surface area contributed by atoms with Gasteiger partial charge in [0.1, 0.15) is 0 Å². The lowest BCUT2D eigenvalue weighted by Gasteiger charge is -2.36. The Hall–Kier alpha value is -2.49. The summed E-state index contributed by atoms with van der Waals surface area (Å²) >= 11 is 0. The van der Waals surface area contributed by atoms with Crippen molar-refractivity contribution in [3.05, 3.63) is 59.2 Å². The molecule has 1 saturated heterocycles. The monoisotopic (exact) mass is 365 g/mol. The molecule has 0 radical (unpaired) electrons. The zero-order chi connectivity index (χ0) is 19.2. The topological polar surface area (TPSA) is 35.6 Å². The molecule has 0 saturated carbocycles. The highest BCUT2D eigenvalue weighted by atomic mass is 16.2. The number of carbonyl (C=O) groups excluding carboxylic acids is 1. The summed E-state index contributed by atoms with van der Waals surface area (Å²) in [5.74, 6) is 0.187. The summed E-state index contributed by atoms with van der Waals surface area (Å²) in [5.41, 5.74) is 6.24. The highest BCUT2D eigenvalue weighted by Gasteiger charge is 2.21. The predicted molar refractivity (Wildman–Crippen MR) is 114 cm³/mol. The molecule has 0 atom stereocenters. The maximum atomic E-state index is 12.7. The smallest absolute Gasteiger partial charge is 0.241 e. The van der Waals surface area contributed by atoms with Gasteiger partial charge >= 0.3 is 0 Å². The molecule has 4 heteroatoms. The minimum Gasteiger partial charge on any atom is -0.376 e. The summed E-state index contributed by atoms with van der Waals surface area (Å²) in [6, 6.07) is 15.0. The average Bonchev–Trinajstić information content (AvgIpc) is 2.71. The molecule has 3 rings (SSSR count). The quantitative estimate of drug-likeness (QED) is 0.844. The van der Waals surface area contributed by atoms with Crippen LogP contribution in [-0.2, 0) is 17.6 Å². The predicted octanol–water partition coefficient (Wildman–Crippen LogP) is 3.88. The van der Waals surface area contributed by atoms with Crippen LogP contribution in [0.3, 0.4) is 0 Å². The van der Waals surface area contributed by atoms with Crippen LogP contribution < -0.4 is 10.2 Å². The first-order chi connectivity index (χ1) is 13.1. The van der Waals surface area contributed by atoms with Gasteiger partial charge in [-0.05, 0) is 48.6 Å². The largest absolute Gasteiger partial charge is 0.376 e. The second-order valence-corrected chi connectivity index (χ2v) is 7.22. The second-order valence-electron chi connectivity index (χ2n) is 7.22. The Morgan fingerprint density at radius 2 is 1.59 bits per heavy atom. The van der Waals surface area contributed by atoms with E-state index in [4.69, 9.17) is 0 Å². The van der Waals surface area contributed by atoms with E-state index in [9.17, 15) is 4.79 Å². The van der Waals surface area contributed by atoms with Crippen molar-refractivity contribution in [2.24, 2.45) is 0 Å². The van der Waals surface area contributed by atoms with E-state index in [1.165, 1.54) is 22.4 Å². The summed E-state index contributed by atoms with van der Waals surface area (Å²) in [5, 5.41) is 3.43. The zero-order valence-electron chi connectivity index (χ0n) is 16.8. The number of amides is 1. The fraction of sp³-hybridized carbons (Fsp3) is 0.435. The lowest BCUT2D eigenvalue weighted by molar-refractivity contribution is -0.129. The lowest BCUT2D eigenvalue weighted by Crippen LogP contribution is -2.50. The van der Waals surface area contributed by atoms with Crippen molar-refractivity contribution in [1.29, 1.82) is 0 Å². The van der Waals surface area contributed by atoms with Crippen LogP contribution in [0.2, 0.25) is 0 Å². The number of piperazine rings is 1. The van der Waals surface area contributed by atoms with Crippen molar-refractivity contribution < 1.29 is 4.79 Å². The molecule has 2 aromatic rings. The molecular formula is C23H31N3O. The number of anilines is 2. The first-order valence-electron chi connectivity index (χ1n) is 10.1. The number of aryl methyl sites for hydroxylation is 3. The molecule has 0 spiro atoms. The van der Waals surface area contributed by atoms with Gasteiger partial charge < -0.3 is 15.1 Å². The van der Waals surface area contributed by atoms with Gasteiger partial charge in [0.15, 0.2) is 0 Å². The Morgan fingerprint density at radius 1 is 0.963 bits per heavy atom. The lowest BCUT2D eigenvalue weighted by atomic mass is 10.0. The van der Waals surface area contributed by atoms with Crippen molar-refractivity contribution in [2.75, 3.05) is 42.9 Å². The van der Waals surface area contributed by atoms with Crippen molar-refractivity contribution in [3.63, 3.8) is 0 Å². The van der Waals surface area contributed by atoms with E-state index in [1.54, 1.807) is 0 Å². The molecule has 1 heterocycles. The van der Waals surface area contributed by atoms with E-state index in [1.807, 2.05) is 4.90 Å². The van der Waals surface area contributed by atoms with Gasteiger partial charge in [-0.25, -0.2) is 0 Å². The number of para-hydroxylation sites is 1. The van der Waals surface area contributed by atoms with Gasteiger partial charge in [0, 0.05) is 37.6 Å². The molecule has 1 aliphatic rings. The Balaban J connectivity index is 1.56. The highest BCUT2D eigenvalue weighted by molar-refractivity contribution is 5.82. The third kappa shape index (κ3) is 4.62. The maximum Gasteiger partial charge on any atom is 0.241 e. The summed E-state index contributed by atoms with van der Waals surface area (Å²) < 4.78 is 0. The zero-order valence-corrected chi connectivity index (χ0v) is 16.8. The first-order valence-corrected chi connectivity index (χ1v) is 10.1. The van der Waals surface area contributed by atoms with E-state index >= 15 is 0 Å². The molecule has 2 aromatic carbocycles. The van der Waals surface area contributed by atoms with Crippen LogP contribution in [0.25, 0.3) is 0 Å². The van der Waals surface area contributed by atoms with Crippen molar-refractivity contribution >= 4 is 17.3 Å². The Kier molecular flexibility index (Phi) is 6.38. The molecule has 0 unspecified atom stereocenters. The van der Waals surface area contributed by atoms with Gasteiger partial charge in [-0.3, -0.25) is 4.79 Å². The van der Waals surface area contributed by atoms with Gasteiger partial charge in [-0.1, -0.05) is 44.2 Å². The summed E-state index contributed by atoms with van der Waals surface area (Å²) in [6.45, 7) is 10.2. The molecule has 27 heavy (non-hydrogen) atoms. The first kappa shape index (κ1) is 19.3. The normalized spacial score (nSPS) is 14.3. The molecule has 1 fully saturated rings.